The molecule has 3 aromatic rings. The van der Waals surface area contributed by atoms with Gasteiger partial charge >= 0.3 is 0 Å². The first kappa shape index (κ1) is 13.9. The molecule has 0 amide bonds. The highest BCUT2D eigenvalue weighted by Gasteiger charge is 2.06. The Morgan fingerprint density at radius 2 is 2.24 bits per heavy atom. The summed E-state index contributed by atoms with van der Waals surface area (Å²) in [4.78, 5) is 19.6. The maximum absolute atomic E-state index is 11.7. The third-order valence-corrected chi connectivity index (χ3v) is 4.42. The summed E-state index contributed by atoms with van der Waals surface area (Å²) in [6, 6.07) is 7.34. The molecule has 1 aromatic carbocycles. The van der Waals surface area contributed by atoms with Crippen molar-refractivity contribution >= 4 is 45.2 Å². The number of nitrogens with two attached hydrogens (primary N) is 1. The van der Waals surface area contributed by atoms with Crippen LogP contribution in [0.2, 0.25) is 4.34 Å². The van der Waals surface area contributed by atoms with Gasteiger partial charge in [-0.3, -0.25) is 4.79 Å². The van der Waals surface area contributed by atoms with Crippen molar-refractivity contribution in [3.05, 3.63) is 50.2 Å². The minimum atomic E-state index is -0.188. The zero-order chi connectivity index (χ0) is 14.8. The van der Waals surface area contributed by atoms with Gasteiger partial charge in [0.05, 0.1) is 32.9 Å². The van der Waals surface area contributed by atoms with Gasteiger partial charge in [-0.05, 0) is 30.7 Å². The van der Waals surface area contributed by atoms with Crippen molar-refractivity contribution in [2.75, 3.05) is 17.6 Å². The highest BCUT2D eigenvalue weighted by molar-refractivity contribution is 7.16. The van der Waals surface area contributed by atoms with Crippen LogP contribution < -0.4 is 16.6 Å². The fraction of sp³-hybridized carbons (Fsp3) is 0.143. The predicted octanol–water partition coefficient (Wildman–Crippen LogP) is 2.87. The van der Waals surface area contributed by atoms with Gasteiger partial charge in [0, 0.05) is 11.4 Å². The van der Waals surface area contributed by atoms with Crippen molar-refractivity contribution in [1.29, 1.82) is 0 Å². The molecule has 0 atom stereocenters. The van der Waals surface area contributed by atoms with Gasteiger partial charge in [0.1, 0.15) is 0 Å². The van der Waals surface area contributed by atoms with E-state index < -0.39 is 0 Å². The van der Waals surface area contributed by atoms with Gasteiger partial charge in [-0.25, -0.2) is 4.98 Å². The van der Waals surface area contributed by atoms with Crippen LogP contribution >= 0.6 is 22.9 Å². The smallest absolute Gasteiger partial charge is 0.258 e. The molecular formula is C14H13ClN4OS. The Kier molecular flexibility index (Phi) is 3.81. The summed E-state index contributed by atoms with van der Waals surface area (Å²) in [5, 5.41) is 3.76. The largest absolute Gasteiger partial charge is 0.397 e. The molecule has 2 aromatic heterocycles. The predicted molar refractivity (Wildman–Crippen MR) is 88.3 cm³/mol. The zero-order valence-electron chi connectivity index (χ0n) is 11.0. The third kappa shape index (κ3) is 3.01. The van der Waals surface area contributed by atoms with Crippen LogP contribution in [-0.2, 0) is 6.42 Å². The van der Waals surface area contributed by atoms with Crippen LogP contribution in [-0.4, -0.2) is 16.5 Å². The van der Waals surface area contributed by atoms with Crippen LogP contribution in [0.4, 0.5) is 11.4 Å². The van der Waals surface area contributed by atoms with Crippen LogP contribution in [0.15, 0.2) is 35.4 Å². The molecule has 4 N–H and O–H groups in total. The first-order valence-corrected chi connectivity index (χ1v) is 7.58. The molecule has 3 rings (SSSR count). The fourth-order valence-electron chi connectivity index (χ4n) is 2.09. The molecule has 0 fully saturated rings. The Bertz CT molecular complexity index is 842. The maximum atomic E-state index is 11.7. The lowest BCUT2D eigenvalue weighted by Crippen LogP contribution is -2.10. The number of aromatic amines is 1. The third-order valence-electron chi connectivity index (χ3n) is 3.13. The lowest BCUT2D eigenvalue weighted by Gasteiger charge is -2.09. The van der Waals surface area contributed by atoms with E-state index in [1.807, 2.05) is 12.1 Å². The van der Waals surface area contributed by atoms with Crippen LogP contribution in [0.25, 0.3) is 10.9 Å². The standard InChI is InChI=1S/C14H13ClN4OS/c15-13-2-1-8(21-13)3-4-17-12-6-11-9(5-10(12)16)14(20)19-7-18-11/h1-2,5-7,17H,3-4,16H2,(H,18,19,20). The number of nitrogens with zero attached hydrogens (tertiary/aromatic N) is 1. The summed E-state index contributed by atoms with van der Waals surface area (Å²) >= 11 is 7.47. The summed E-state index contributed by atoms with van der Waals surface area (Å²) in [7, 11) is 0. The van der Waals surface area contributed by atoms with Gasteiger partial charge in [0.25, 0.3) is 5.56 Å². The first-order valence-electron chi connectivity index (χ1n) is 6.38. The molecule has 0 radical (unpaired) electrons. The minimum Gasteiger partial charge on any atom is -0.397 e. The Labute approximate surface area is 129 Å². The molecule has 2 heterocycles. The molecule has 0 saturated carbocycles. The zero-order valence-corrected chi connectivity index (χ0v) is 12.6. The van der Waals surface area contributed by atoms with Gasteiger partial charge in [-0.1, -0.05) is 11.6 Å². The summed E-state index contributed by atoms with van der Waals surface area (Å²) < 4.78 is 0.790. The molecule has 0 spiro atoms. The van der Waals surface area contributed by atoms with E-state index in [1.165, 1.54) is 11.2 Å². The van der Waals surface area contributed by atoms with E-state index in [1.54, 1.807) is 23.5 Å². The molecule has 0 aliphatic rings. The second-order valence-electron chi connectivity index (χ2n) is 4.57. The topological polar surface area (TPSA) is 83.8 Å². The van der Waals surface area contributed by atoms with Crippen molar-refractivity contribution < 1.29 is 0 Å². The average Bonchev–Trinajstić information content (AvgIpc) is 2.86. The Morgan fingerprint density at radius 1 is 1.38 bits per heavy atom. The van der Waals surface area contributed by atoms with E-state index in [0.717, 1.165) is 23.0 Å². The number of rotatable bonds is 4. The average molecular weight is 321 g/mol. The van der Waals surface area contributed by atoms with E-state index in [-0.39, 0.29) is 5.56 Å². The van der Waals surface area contributed by atoms with Crippen LogP contribution in [0.5, 0.6) is 0 Å². The van der Waals surface area contributed by atoms with Crippen LogP contribution in [0.3, 0.4) is 0 Å². The summed E-state index contributed by atoms with van der Waals surface area (Å²) in [6.45, 7) is 0.732. The van der Waals surface area contributed by atoms with Gasteiger partial charge in [-0.2, -0.15) is 0 Å². The number of nitrogens with one attached hydrogen (secondary N) is 2. The quantitative estimate of drug-likeness (QED) is 0.645. The number of fused-ring (bicyclic) bond motifs is 1. The number of anilines is 2. The van der Waals surface area contributed by atoms with Crippen molar-refractivity contribution in [2.45, 2.75) is 6.42 Å². The molecular weight excluding hydrogens is 308 g/mol. The number of hydrogen-bond acceptors (Lipinski definition) is 5. The number of aromatic nitrogens is 2. The molecule has 0 unspecified atom stereocenters. The molecule has 21 heavy (non-hydrogen) atoms. The van der Waals surface area contributed by atoms with Crippen molar-refractivity contribution in [3.63, 3.8) is 0 Å². The van der Waals surface area contributed by atoms with Crippen molar-refractivity contribution in [3.8, 4) is 0 Å². The molecule has 0 saturated heterocycles. The van der Waals surface area contributed by atoms with Crippen LogP contribution in [0.1, 0.15) is 4.88 Å². The molecule has 5 nitrogen and oxygen atoms in total. The van der Waals surface area contributed by atoms with Gasteiger partial charge in [-0.15, -0.1) is 11.3 Å². The maximum Gasteiger partial charge on any atom is 0.258 e. The Hall–Kier alpha value is -2.05. The van der Waals surface area contributed by atoms with E-state index in [0.29, 0.717) is 16.6 Å². The van der Waals surface area contributed by atoms with Gasteiger partial charge in [0.15, 0.2) is 0 Å². The van der Waals surface area contributed by atoms with Crippen molar-refractivity contribution in [1.82, 2.24) is 9.97 Å². The second-order valence-corrected chi connectivity index (χ2v) is 6.37. The second kappa shape index (κ2) is 5.75. The Morgan fingerprint density at radius 3 is 3.00 bits per heavy atom. The number of H-pyrrole nitrogens is 1. The number of nitrogen functional groups attached to an aromatic ring is 1. The molecule has 0 bridgehead atoms. The first-order chi connectivity index (χ1) is 10.1. The summed E-state index contributed by atoms with van der Waals surface area (Å²) in [5.41, 5.74) is 7.72. The van der Waals surface area contributed by atoms with E-state index in [9.17, 15) is 4.79 Å². The summed E-state index contributed by atoms with van der Waals surface area (Å²) in [6.07, 6.45) is 2.25. The SMILES string of the molecule is Nc1cc2c(=O)[nH]cnc2cc1NCCc1ccc(Cl)s1. The number of benzene rings is 1. The lowest BCUT2D eigenvalue weighted by molar-refractivity contribution is 1.05. The normalized spacial score (nSPS) is 10.9. The number of thiophene rings is 1. The molecule has 0 aliphatic carbocycles. The fourth-order valence-corrected chi connectivity index (χ4v) is 3.18. The number of halogens is 1. The van der Waals surface area contributed by atoms with Crippen LogP contribution in [0, 0.1) is 0 Å². The Balaban J connectivity index is 1.77. The lowest BCUT2D eigenvalue weighted by atomic mass is 10.2. The molecule has 0 aliphatic heterocycles. The minimum absolute atomic E-state index is 0.188. The highest BCUT2D eigenvalue weighted by atomic mass is 35.5. The van der Waals surface area contributed by atoms with E-state index in [2.05, 4.69) is 15.3 Å². The van der Waals surface area contributed by atoms with Crippen molar-refractivity contribution in [2.24, 2.45) is 0 Å². The van der Waals surface area contributed by atoms with E-state index in [4.69, 9.17) is 17.3 Å². The number of hydrogen-bond donors (Lipinski definition) is 3. The molecule has 7 heteroatoms. The molecule has 108 valence electrons. The van der Waals surface area contributed by atoms with E-state index >= 15 is 0 Å². The summed E-state index contributed by atoms with van der Waals surface area (Å²) in [5.74, 6) is 0. The van der Waals surface area contributed by atoms with Gasteiger partial charge < -0.3 is 16.0 Å². The van der Waals surface area contributed by atoms with Gasteiger partial charge in [0.2, 0.25) is 0 Å². The highest BCUT2D eigenvalue weighted by Crippen LogP contribution is 2.24. The monoisotopic (exact) mass is 320 g/mol.